The summed E-state index contributed by atoms with van der Waals surface area (Å²) in [6.45, 7) is 3.33. The molecule has 4 atom stereocenters. The van der Waals surface area contributed by atoms with Crippen molar-refractivity contribution in [3.05, 3.63) is 53.9 Å². The second-order valence-electron chi connectivity index (χ2n) is 6.68. The molecule has 0 spiro atoms. The Morgan fingerprint density at radius 1 is 1.14 bits per heavy atom. The van der Waals surface area contributed by atoms with Crippen LogP contribution in [-0.4, -0.2) is 59.1 Å². The van der Waals surface area contributed by atoms with E-state index in [9.17, 15) is 19.1 Å². The van der Waals surface area contributed by atoms with Gasteiger partial charge in [0.2, 0.25) is 0 Å². The topological polar surface area (TPSA) is 122 Å². The highest BCUT2D eigenvalue weighted by Gasteiger charge is 2.25. The van der Waals surface area contributed by atoms with Crippen LogP contribution in [0.15, 0.2) is 42.5 Å². The van der Waals surface area contributed by atoms with Crippen molar-refractivity contribution in [1.82, 2.24) is 0 Å². The van der Waals surface area contributed by atoms with Gasteiger partial charge >= 0.3 is 5.97 Å². The number of halogens is 1. The van der Waals surface area contributed by atoms with Gasteiger partial charge in [-0.2, -0.15) is 0 Å². The molecular formula is C20H22FNO6. The SMILES string of the molecule is CC1C(c2ccc3cc(F)ccc3c2)=CC[NH+]1C.O=C([O-])C(O)C(O)C(=O)O. The van der Waals surface area contributed by atoms with Gasteiger partial charge in [0.25, 0.3) is 0 Å². The summed E-state index contributed by atoms with van der Waals surface area (Å²) in [5.74, 6) is -4.00. The van der Waals surface area contributed by atoms with E-state index in [0.717, 1.165) is 17.3 Å². The van der Waals surface area contributed by atoms with Crippen LogP contribution in [0.5, 0.6) is 0 Å². The minimum atomic E-state index is -2.38. The number of quaternary nitrogens is 1. The third kappa shape index (κ3) is 4.92. The fourth-order valence-electron chi connectivity index (χ4n) is 2.92. The van der Waals surface area contributed by atoms with Gasteiger partial charge in [0.15, 0.2) is 6.10 Å². The zero-order valence-corrected chi connectivity index (χ0v) is 15.4. The smallest absolute Gasteiger partial charge is 0.335 e. The molecular weight excluding hydrogens is 369 g/mol. The molecule has 3 rings (SSSR count). The van der Waals surface area contributed by atoms with Gasteiger partial charge in [0.05, 0.1) is 19.6 Å². The van der Waals surface area contributed by atoms with Gasteiger partial charge in [-0.05, 0) is 47.5 Å². The monoisotopic (exact) mass is 391 g/mol. The second kappa shape index (κ2) is 8.92. The van der Waals surface area contributed by atoms with E-state index in [0.29, 0.717) is 6.04 Å². The highest BCUT2D eigenvalue weighted by Crippen LogP contribution is 2.24. The maximum atomic E-state index is 13.1. The van der Waals surface area contributed by atoms with Gasteiger partial charge in [0, 0.05) is 5.57 Å². The molecule has 0 amide bonds. The Labute approximate surface area is 160 Å². The van der Waals surface area contributed by atoms with Crippen molar-refractivity contribution >= 4 is 28.3 Å². The Kier molecular flexibility index (Phi) is 6.85. The number of rotatable bonds is 4. The van der Waals surface area contributed by atoms with Crippen molar-refractivity contribution in [3.8, 4) is 0 Å². The van der Waals surface area contributed by atoms with Crippen LogP contribution in [0.4, 0.5) is 4.39 Å². The summed E-state index contributed by atoms with van der Waals surface area (Å²) in [7, 11) is 2.21. The fourth-order valence-corrected chi connectivity index (χ4v) is 2.92. The molecule has 0 aromatic heterocycles. The second-order valence-corrected chi connectivity index (χ2v) is 6.68. The number of hydrogen-bond donors (Lipinski definition) is 4. The predicted octanol–water partition coefficient (Wildman–Crippen LogP) is -1.18. The average Bonchev–Trinajstić information content (AvgIpc) is 2.99. The lowest BCUT2D eigenvalue weighted by Gasteiger charge is -2.15. The molecule has 0 bridgehead atoms. The third-order valence-corrected chi connectivity index (χ3v) is 4.78. The summed E-state index contributed by atoms with van der Waals surface area (Å²) in [5, 5.41) is 36.2. The molecule has 2 aromatic carbocycles. The lowest BCUT2D eigenvalue weighted by atomic mass is 9.98. The molecule has 28 heavy (non-hydrogen) atoms. The van der Waals surface area contributed by atoms with Crippen LogP contribution >= 0.6 is 0 Å². The van der Waals surface area contributed by atoms with Crippen molar-refractivity contribution in [2.24, 2.45) is 0 Å². The van der Waals surface area contributed by atoms with Gasteiger partial charge in [0.1, 0.15) is 18.0 Å². The molecule has 7 nitrogen and oxygen atoms in total. The Morgan fingerprint density at radius 3 is 2.25 bits per heavy atom. The maximum Gasteiger partial charge on any atom is 0.335 e. The molecule has 0 saturated carbocycles. The number of aliphatic hydroxyl groups excluding tert-OH is 2. The quantitative estimate of drug-likeness (QED) is 0.521. The standard InChI is InChI=1S/C16H16FN.C4H6O6/c1-11-16(7-8-18(11)2)14-4-3-13-10-15(17)6-5-12(13)9-14;5-1(3(7)8)2(6)4(9)10/h3-7,9-11H,8H2,1-2H3;1-2,5-6H,(H,7,8)(H,9,10). The molecule has 0 radical (unpaired) electrons. The number of likely N-dealkylation sites (N-methyl/N-ethyl adjacent to an activating group) is 1. The number of carbonyl (C=O) groups excluding carboxylic acids is 1. The van der Waals surface area contributed by atoms with Crippen LogP contribution in [0.3, 0.4) is 0 Å². The van der Waals surface area contributed by atoms with Crippen molar-refractivity contribution in [3.63, 3.8) is 0 Å². The molecule has 1 heterocycles. The van der Waals surface area contributed by atoms with Crippen LogP contribution < -0.4 is 10.0 Å². The van der Waals surface area contributed by atoms with Crippen molar-refractivity contribution in [1.29, 1.82) is 0 Å². The van der Waals surface area contributed by atoms with E-state index in [1.165, 1.54) is 22.1 Å². The first-order valence-corrected chi connectivity index (χ1v) is 8.63. The maximum absolute atomic E-state index is 13.1. The van der Waals surface area contributed by atoms with Crippen molar-refractivity contribution in [2.75, 3.05) is 13.6 Å². The van der Waals surface area contributed by atoms with Crippen LogP contribution in [0.1, 0.15) is 12.5 Å². The number of aliphatic hydroxyl groups is 2. The molecule has 8 heteroatoms. The lowest BCUT2D eigenvalue weighted by Crippen LogP contribution is -3.10. The number of carboxylic acid groups (broad SMARTS) is 2. The molecule has 0 aliphatic carbocycles. The fraction of sp³-hybridized carbons (Fsp3) is 0.300. The number of nitrogens with one attached hydrogen (secondary N) is 1. The van der Waals surface area contributed by atoms with E-state index in [4.69, 9.17) is 15.3 Å². The largest absolute Gasteiger partial charge is 0.547 e. The Balaban J connectivity index is 0.000000242. The molecule has 4 N–H and O–H groups in total. The van der Waals surface area contributed by atoms with E-state index in [-0.39, 0.29) is 5.82 Å². The molecule has 0 saturated heterocycles. The minimum absolute atomic E-state index is 0.173. The summed E-state index contributed by atoms with van der Waals surface area (Å²) in [6, 6.07) is 11.8. The van der Waals surface area contributed by atoms with Gasteiger partial charge in [-0.15, -0.1) is 0 Å². The van der Waals surface area contributed by atoms with Crippen molar-refractivity contribution < 1.29 is 39.3 Å². The van der Waals surface area contributed by atoms with Crippen LogP contribution in [0.2, 0.25) is 0 Å². The van der Waals surface area contributed by atoms with Crippen molar-refractivity contribution in [2.45, 2.75) is 25.2 Å². The van der Waals surface area contributed by atoms with Gasteiger partial charge in [-0.25, -0.2) is 9.18 Å². The van der Waals surface area contributed by atoms with Crippen LogP contribution in [-0.2, 0) is 9.59 Å². The first kappa shape index (κ1) is 21.5. The van der Waals surface area contributed by atoms with Gasteiger partial charge < -0.3 is 30.1 Å². The highest BCUT2D eigenvalue weighted by molar-refractivity contribution is 5.87. The third-order valence-electron chi connectivity index (χ3n) is 4.78. The van der Waals surface area contributed by atoms with E-state index in [1.54, 1.807) is 6.07 Å². The van der Waals surface area contributed by atoms with E-state index in [2.05, 4.69) is 32.2 Å². The van der Waals surface area contributed by atoms with Gasteiger partial charge in [-0.1, -0.05) is 18.2 Å². The Bertz CT molecular complexity index is 895. The Morgan fingerprint density at radius 2 is 1.75 bits per heavy atom. The number of carbonyl (C=O) groups is 2. The number of fused-ring (bicyclic) bond motifs is 1. The van der Waals surface area contributed by atoms with E-state index >= 15 is 0 Å². The number of benzene rings is 2. The zero-order chi connectivity index (χ0) is 21.0. The zero-order valence-electron chi connectivity index (χ0n) is 15.4. The van der Waals surface area contributed by atoms with Crippen LogP contribution in [0, 0.1) is 5.82 Å². The van der Waals surface area contributed by atoms with E-state index in [1.807, 2.05) is 12.1 Å². The summed E-state index contributed by atoms with van der Waals surface area (Å²) in [6.07, 6.45) is -2.40. The first-order chi connectivity index (χ1) is 13.1. The molecule has 150 valence electrons. The highest BCUT2D eigenvalue weighted by atomic mass is 19.1. The van der Waals surface area contributed by atoms with E-state index < -0.39 is 24.1 Å². The van der Waals surface area contributed by atoms with Gasteiger partial charge in [-0.3, -0.25) is 0 Å². The minimum Gasteiger partial charge on any atom is -0.547 e. The molecule has 1 aliphatic heterocycles. The summed E-state index contributed by atoms with van der Waals surface area (Å²) in [5.41, 5.74) is 2.66. The number of aliphatic carboxylic acids is 2. The number of carboxylic acids is 2. The molecule has 1 aliphatic rings. The Hall–Kier alpha value is -2.81. The first-order valence-electron chi connectivity index (χ1n) is 8.63. The van der Waals surface area contributed by atoms with Crippen LogP contribution in [0.25, 0.3) is 16.3 Å². The average molecular weight is 391 g/mol. The summed E-state index contributed by atoms with van der Waals surface area (Å²) >= 11 is 0. The molecule has 2 aromatic rings. The normalized spacial score (nSPS) is 20.7. The predicted molar refractivity (Wildman–Crippen MR) is 97.8 cm³/mol. The summed E-state index contributed by atoms with van der Waals surface area (Å²) < 4.78 is 13.1. The summed E-state index contributed by atoms with van der Waals surface area (Å²) in [4.78, 5) is 20.9. The number of hydrogen-bond acceptors (Lipinski definition) is 5. The molecule has 4 unspecified atom stereocenters. The lowest BCUT2D eigenvalue weighted by molar-refractivity contribution is -0.883. The molecule has 0 fully saturated rings.